The van der Waals surface area contributed by atoms with Gasteiger partial charge in [-0.05, 0) is 19.1 Å². The van der Waals surface area contributed by atoms with Crippen LogP contribution in [-0.4, -0.2) is 9.78 Å². The number of hydrogen-bond acceptors (Lipinski definition) is 4. The number of aromatic nitrogens is 2. The fraction of sp³-hybridized carbons (Fsp3) is 0.100. The number of hydrogen-bond donors (Lipinski definition) is 1. The van der Waals surface area contributed by atoms with Gasteiger partial charge in [-0.15, -0.1) is 0 Å². The molecule has 152 valence electrons. The Morgan fingerprint density at radius 2 is 1.53 bits per heavy atom. The van der Waals surface area contributed by atoms with Gasteiger partial charge in [0.05, 0.1) is 22.9 Å². The minimum atomic E-state index is -2.30. The smallest absolute Gasteiger partial charge is 0.229 e. The lowest BCUT2D eigenvalue weighted by Gasteiger charge is -2.25. The average Bonchev–Trinajstić information content (AvgIpc) is 3.07. The summed E-state index contributed by atoms with van der Waals surface area (Å²) in [5.74, 6) is -13.0. The Hall–Kier alpha value is -3.87. The van der Waals surface area contributed by atoms with Crippen LogP contribution in [0.3, 0.4) is 0 Å². The summed E-state index contributed by atoms with van der Waals surface area (Å²) in [5.41, 5.74) is 4.69. The molecule has 0 saturated heterocycles. The molecule has 0 radical (unpaired) electrons. The Morgan fingerprint density at radius 1 is 0.967 bits per heavy atom. The quantitative estimate of drug-likeness (QED) is 0.386. The predicted molar refractivity (Wildman–Crippen MR) is 93.8 cm³/mol. The summed E-state index contributed by atoms with van der Waals surface area (Å²) in [6.45, 7) is 1.46. The standard InChI is InChI=1S/C20H11F5N4O/c1-8-11-12(13-14(21)16(23)18(25)17(24)15(13)22)10(7-26)19(27)30-20(11)29(28-8)9-5-3-2-4-6-9/h2-6,12H,27H2,1H3. The van der Waals surface area contributed by atoms with E-state index in [1.165, 1.54) is 11.6 Å². The van der Waals surface area contributed by atoms with Gasteiger partial charge >= 0.3 is 0 Å². The third kappa shape index (κ3) is 2.62. The van der Waals surface area contributed by atoms with Crippen LogP contribution in [0.25, 0.3) is 5.69 Å². The van der Waals surface area contributed by atoms with E-state index in [0.717, 1.165) is 0 Å². The van der Waals surface area contributed by atoms with Gasteiger partial charge in [-0.3, -0.25) is 0 Å². The van der Waals surface area contributed by atoms with E-state index < -0.39 is 52.0 Å². The molecular formula is C20H11F5N4O. The first-order valence-corrected chi connectivity index (χ1v) is 8.51. The molecule has 0 spiro atoms. The van der Waals surface area contributed by atoms with Crippen LogP contribution >= 0.6 is 0 Å². The molecule has 3 aromatic rings. The number of halogens is 5. The van der Waals surface area contributed by atoms with Crippen molar-refractivity contribution in [2.24, 2.45) is 5.73 Å². The van der Waals surface area contributed by atoms with Crippen LogP contribution in [0.1, 0.15) is 22.7 Å². The summed E-state index contributed by atoms with van der Waals surface area (Å²) in [6, 6.07) is 10.1. The van der Waals surface area contributed by atoms with Gasteiger partial charge in [0.25, 0.3) is 0 Å². The lowest BCUT2D eigenvalue weighted by Crippen LogP contribution is -2.24. The Labute approximate surface area is 166 Å². The first-order valence-electron chi connectivity index (χ1n) is 8.51. The highest BCUT2D eigenvalue weighted by atomic mass is 19.2. The monoisotopic (exact) mass is 418 g/mol. The second kappa shape index (κ2) is 6.88. The lowest BCUT2D eigenvalue weighted by atomic mass is 9.83. The van der Waals surface area contributed by atoms with Crippen molar-refractivity contribution in [1.29, 1.82) is 5.26 Å². The molecule has 5 nitrogen and oxygen atoms in total. The Balaban J connectivity index is 2.07. The van der Waals surface area contributed by atoms with Gasteiger partial charge < -0.3 is 10.5 Å². The first kappa shape index (κ1) is 19.4. The topological polar surface area (TPSA) is 76.9 Å². The number of para-hydroxylation sites is 1. The summed E-state index contributed by atoms with van der Waals surface area (Å²) >= 11 is 0. The summed E-state index contributed by atoms with van der Waals surface area (Å²) in [7, 11) is 0. The Kier molecular flexibility index (Phi) is 4.46. The zero-order valence-electron chi connectivity index (χ0n) is 15.2. The van der Waals surface area contributed by atoms with Crippen molar-refractivity contribution in [3.63, 3.8) is 0 Å². The molecule has 0 saturated carbocycles. The van der Waals surface area contributed by atoms with Gasteiger partial charge in [-0.25, -0.2) is 26.6 Å². The highest BCUT2D eigenvalue weighted by Gasteiger charge is 2.41. The van der Waals surface area contributed by atoms with E-state index in [1.807, 2.05) is 0 Å². The van der Waals surface area contributed by atoms with Crippen LogP contribution in [0.15, 0.2) is 41.8 Å². The molecule has 10 heteroatoms. The van der Waals surface area contributed by atoms with E-state index in [4.69, 9.17) is 10.5 Å². The highest BCUT2D eigenvalue weighted by molar-refractivity contribution is 5.57. The molecule has 0 amide bonds. The fourth-order valence-corrected chi connectivity index (χ4v) is 3.42. The molecular weight excluding hydrogens is 407 g/mol. The number of allylic oxidation sites excluding steroid dienone is 1. The van der Waals surface area contributed by atoms with Crippen molar-refractivity contribution >= 4 is 0 Å². The maximum Gasteiger partial charge on any atom is 0.229 e. The number of fused-ring (bicyclic) bond motifs is 1. The molecule has 1 unspecified atom stereocenters. The van der Waals surface area contributed by atoms with Crippen LogP contribution in [-0.2, 0) is 0 Å². The maximum atomic E-state index is 14.6. The van der Waals surface area contributed by atoms with Gasteiger partial charge in [-0.1, -0.05) is 18.2 Å². The van der Waals surface area contributed by atoms with Crippen molar-refractivity contribution in [2.45, 2.75) is 12.8 Å². The Morgan fingerprint density at radius 3 is 2.10 bits per heavy atom. The molecule has 2 heterocycles. The van der Waals surface area contributed by atoms with E-state index in [2.05, 4.69) is 5.10 Å². The van der Waals surface area contributed by atoms with Crippen molar-refractivity contribution in [3.8, 4) is 17.6 Å². The van der Waals surface area contributed by atoms with Gasteiger partial charge in [0.2, 0.25) is 17.6 Å². The molecule has 4 rings (SSSR count). The van der Waals surface area contributed by atoms with E-state index >= 15 is 0 Å². The molecule has 0 fully saturated rings. The van der Waals surface area contributed by atoms with Crippen LogP contribution in [0.5, 0.6) is 5.88 Å². The SMILES string of the molecule is Cc1nn(-c2ccccc2)c2c1C(c1c(F)c(F)c(F)c(F)c1F)C(C#N)=C(N)O2. The largest absolute Gasteiger partial charge is 0.422 e. The van der Waals surface area contributed by atoms with E-state index in [0.29, 0.717) is 5.69 Å². The van der Waals surface area contributed by atoms with Gasteiger partial charge in [0.15, 0.2) is 23.3 Å². The van der Waals surface area contributed by atoms with Crippen LogP contribution in [0.2, 0.25) is 0 Å². The molecule has 1 aliphatic rings. The van der Waals surface area contributed by atoms with Crippen LogP contribution in [0.4, 0.5) is 22.0 Å². The number of nitrogens with zero attached hydrogens (tertiary/aromatic N) is 3. The second-order valence-electron chi connectivity index (χ2n) is 6.46. The average molecular weight is 418 g/mol. The maximum absolute atomic E-state index is 14.6. The van der Waals surface area contributed by atoms with Crippen LogP contribution in [0, 0.1) is 47.3 Å². The van der Waals surface area contributed by atoms with Crippen molar-refractivity contribution < 1.29 is 26.7 Å². The van der Waals surface area contributed by atoms with Crippen LogP contribution < -0.4 is 10.5 Å². The third-order valence-electron chi connectivity index (χ3n) is 4.77. The predicted octanol–water partition coefficient (Wildman–Crippen LogP) is 4.09. The molecule has 0 bridgehead atoms. The molecule has 1 aromatic heterocycles. The van der Waals surface area contributed by atoms with Crippen molar-refractivity contribution in [2.75, 3.05) is 0 Å². The third-order valence-corrected chi connectivity index (χ3v) is 4.77. The van der Waals surface area contributed by atoms with E-state index in [-0.39, 0.29) is 17.1 Å². The van der Waals surface area contributed by atoms with Gasteiger partial charge in [-0.2, -0.15) is 10.4 Å². The summed E-state index contributed by atoms with van der Waals surface area (Å²) in [4.78, 5) is 0. The molecule has 1 aliphatic heterocycles. The van der Waals surface area contributed by atoms with Gasteiger partial charge in [0.1, 0.15) is 11.6 Å². The number of benzene rings is 2. The van der Waals surface area contributed by atoms with E-state index in [1.54, 1.807) is 36.4 Å². The minimum absolute atomic E-state index is 0.0344. The number of ether oxygens (including phenoxy) is 1. The summed E-state index contributed by atoms with van der Waals surface area (Å²) < 4.78 is 77.3. The molecule has 1 atom stereocenters. The van der Waals surface area contributed by atoms with E-state index in [9.17, 15) is 27.2 Å². The van der Waals surface area contributed by atoms with Gasteiger partial charge in [0, 0.05) is 5.56 Å². The normalized spacial score (nSPS) is 15.6. The number of nitriles is 1. The lowest BCUT2D eigenvalue weighted by molar-refractivity contribution is 0.352. The molecule has 2 aromatic carbocycles. The zero-order chi connectivity index (χ0) is 21.7. The fourth-order valence-electron chi connectivity index (χ4n) is 3.42. The Bertz CT molecular complexity index is 1230. The summed E-state index contributed by atoms with van der Waals surface area (Å²) in [6.07, 6.45) is 0. The molecule has 0 aliphatic carbocycles. The second-order valence-corrected chi connectivity index (χ2v) is 6.46. The first-order chi connectivity index (χ1) is 14.3. The zero-order valence-corrected chi connectivity index (χ0v) is 15.2. The number of rotatable bonds is 2. The molecule has 30 heavy (non-hydrogen) atoms. The molecule has 2 N–H and O–H groups in total. The van der Waals surface area contributed by atoms with Crippen molar-refractivity contribution in [3.05, 3.63) is 87.7 Å². The number of nitrogens with two attached hydrogens (primary N) is 1. The minimum Gasteiger partial charge on any atom is -0.422 e. The van der Waals surface area contributed by atoms with Crippen molar-refractivity contribution in [1.82, 2.24) is 9.78 Å². The number of aryl methyl sites for hydroxylation is 1. The highest BCUT2D eigenvalue weighted by Crippen LogP contribution is 2.46. The summed E-state index contributed by atoms with van der Waals surface area (Å²) in [5, 5.41) is 13.8.